The van der Waals surface area contributed by atoms with Gasteiger partial charge >= 0.3 is 0 Å². The number of ether oxygens (including phenoxy) is 1. The summed E-state index contributed by atoms with van der Waals surface area (Å²) < 4.78 is 33.7. The van der Waals surface area contributed by atoms with Crippen molar-refractivity contribution < 1.29 is 28.2 Å². The van der Waals surface area contributed by atoms with Crippen molar-refractivity contribution in [3.63, 3.8) is 0 Å². The van der Waals surface area contributed by atoms with Crippen LogP contribution in [0.5, 0.6) is 5.75 Å². The number of Topliss-reactive ketones (excluding diaryl/α,β-unsaturated/α-hetero) is 1. The van der Waals surface area contributed by atoms with E-state index >= 15 is 0 Å². The van der Waals surface area contributed by atoms with Crippen LogP contribution < -0.4 is 9.64 Å². The molecule has 5 rings (SSSR count). The number of aliphatic hydroxyl groups is 1. The molecule has 4 aromatic rings. The first kappa shape index (κ1) is 25.4. The molecule has 0 saturated carbocycles. The zero-order valence-electron chi connectivity index (χ0n) is 20.6. The minimum atomic E-state index is -1.15. The molecule has 1 aliphatic rings. The molecule has 0 aliphatic carbocycles. The Kier molecular flexibility index (Phi) is 6.82. The lowest BCUT2D eigenvalue weighted by molar-refractivity contribution is -0.132. The van der Waals surface area contributed by atoms with Crippen LogP contribution in [0.1, 0.15) is 33.2 Å². The second-order valence-electron chi connectivity index (χ2n) is 8.99. The third-order valence-electron chi connectivity index (χ3n) is 6.46. The number of rotatable bonds is 6. The number of ketones is 1. The summed E-state index contributed by atoms with van der Waals surface area (Å²) in [7, 11) is 0. The van der Waals surface area contributed by atoms with Gasteiger partial charge in [0.15, 0.2) is 11.6 Å². The topological polar surface area (TPSA) is 66.8 Å². The Morgan fingerprint density at radius 3 is 2.37 bits per heavy atom. The lowest BCUT2D eigenvalue weighted by Gasteiger charge is -2.25. The van der Waals surface area contributed by atoms with E-state index < -0.39 is 29.4 Å². The number of halogens is 2. The molecule has 0 radical (unpaired) electrons. The van der Waals surface area contributed by atoms with E-state index in [1.54, 1.807) is 23.6 Å². The highest BCUT2D eigenvalue weighted by Gasteiger charge is 2.48. The Morgan fingerprint density at radius 1 is 0.947 bits per heavy atom. The van der Waals surface area contributed by atoms with Gasteiger partial charge in [-0.15, -0.1) is 11.3 Å². The van der Waals surface area contributed by atoms with Gasteiger partial charge in [0.25, 0.3) is 11.7 Å². The monoisotopic (exact) mass is 531 g/mol. The lowest BCUT2D eigenvalue weighted by atomic mass is 9.97. The molecule has 1 N–H and O–H groups in total. The molecule has 1 saturated heterocycles. The molecule has 3 aromatic carbocycles. The standard InChI is InChI=1S/C30H23F2NO4S/c1-17-12-13-38-29(17)26-25(28(35)30(36)33(26)21-9-10-22(31)23(32)15-21)27(34)20-8-11-24(18(2)14-20)37-16-19-6-4-3-5-7-19/h3-15,26,34H,16H2,1-2H3/b27-25-. The van der Waals surface area contributed by atoms with E-state index in [9.17, 15) is 23.5 Å². The molecule has 1 aliphatic heterocycles. The van der Waals surface area contributed by atoms with E-state index in [0.717, 1.165) is 33.7 Å². The van der Waals surface area contributed by atoms with Gasteiger partial charge < -0.3 is 9.84 Å². The SMILES string of the molecule is Cc1cc(/C(O)=C2/C(=O)C(=O)N(c3ccc(F)c(F)c3)C2c2sccc2C)ccc1OCc1ccccc1. The molecule has 1 unspecified atom stereocenters. The number of aliphatic hydroxyl groups excluding tert-OH is 1. The van der Waals surface area contributed by atoms with Crippen LogP contribution in [-0.4, -0.2) is 16.8 Å². The van der Waals surface area contributed by atoms with Crippen molar-refractivity contribution in [2.24, 2.45) is 0 Å². The smallest absolute Gasteiger partial charge is 0.300 e. The number of thiophene rings is 1. The van der Waals surface area contributed by atoms with E-state index in [4.69, 9.17) is 4.74 Å². The highest BCUT2D eigenvalue weighted by Crippen LogP contribution is 2.45. The van der Waals surface area contributed by atoms with Crippen LogP contribution in [0.25, 0.3) is 5.76 Å². The molecule has 8 heteroatoms. The molecular weight excluding hydrogens is 508 g/mol. The highest BCUT2D eigenvalue weighted by atomic mass is 32.1. The molecule has 0 spiro atoms. The van der Waals surface area contributed by atoms with Crippen LogP contribution in [0, 0.1) is 25.5 Å². The van der Waals surface area contributed by atoms with Gasteiger partial charge in [-0.2, -0.15) is 0 Å². The summed E-state index contributed by atoms with van der Waals surface area (Å²) in [5.41, 5.74) is 2.75. The van der Waals surface area contributed by atoms with Crippen LogP contribution >= 0.6 is 11.3 Å². The zero-order chi connectivity index (χ0) is 27.0. The van der Waals surface area contributed by atoms with Gasteiger partial charge in [0.1, 0.15) is 24.2 Å². The number of aryl methyl sites for hydroxylation is 2. The van der Waals surface area contributed by atoms with Crippen LogP contribution in [-0.2, 0) is 16.2 Å². The van der Waals surface area contributed by atoms with Crippen molar-refractivity contribution in [3.8, 4) is 5.75 Å². The predicted octanol–water partition coefficient (Wildman–Crippen LogP) is 6.85. The van der Waals surface area contributed by atoms with Crippen LogP contribution in [0.2, 0.25) is 0 Å². The number of hydrogen-bond donors (Lipinski definition) is 1. The molecule has 38 heavy (non-hydrogen) atoms. The number of nitrogens with zero attached hydrogens (tertiary/aromatic N) is 1. The van der Waals surface area contributed by atoms with Crippen molar-refractivity contribution >= 4 is 34.5 Å². The first-order valence-electron chi connectivity index (χ1n) is 11.8. The average molecular weight is 532 g/mol. The van der Waals surface area contributed by atoms with Crippen molar-refractivity contribution in [1.82, 2.24) is 0 Å². The van der Waals surface area contributed by atoms with Crippen LogP contribution in [0.3, 0.4) is 0 Å². The maximum absolute atomic E-state index is 14.1. The fourth-order valence-corrected chi connectivity index (χ4v) is 5.52. The molecule has 0 bridgehead atoms. The summed E-state index contributed by atoms with van der Waals surface area (Å²) >= 11 is 1.30. The van der Waals surface area contributed by atoms with Crippen molar-refractivity contribution in [3.05, 3.63) is 123 Å². The van der Waals surface area contributed by atoms with Crippen molar-refractivity contribution in [2.45, 2.75) is 26.5 Å². The van der Waals surface area contributed by atoms with Gasteiger partial charge in [-0.3, -0.25) is 14.5 Å². The molecular formula is C30H23F2NO4S. The molecule has 192 valence electrons. The number of anilines is 1. The molecule has 1 fully saturated rings. The number of carbonyl (C=O) groups is 2. The highest BCUT2D eigenvalue weighted by molar-refractivity contribution is 7.10. The normalized spacial score (nSPS) is 16.7. The quantitative estimate of drug-likeness (QED) is 0.168. The Balaban J connectivity index is 1.56. The fraction of sp³-hybridized carbons (Fsp3) is 0.133. The van der Waals surface area contributed by atoms with E-state index in [1.165, 1.54) is 17.4 Å². The predicted molar refractivity (Wildman–Crippen MR) is 142 cm³/mol. The van der Waals surface area contributed by atoms with Gasteiger partial charge in [-0.05, 0) is 72.3 Å². The number of benzene rings is 3. The summed E-state index contributed by atoms with van der Waals surface area (Å²) in [6.07, 6.45) is 0. The second kappa shape index (κ2) is 10.2. The maximum Gasteiger partial charge on any atom is 0.300 e. The average Bonchev–Trinajstić information content (AvgIpc) is 3.45. The molecule has 1 aromatic heterocycles. The Labute approximate surface area is 222 Å². The maximum atomic E-state index is 14.1. The molecule has 1 amide bonds. The van der Waals surface area contributed by atoms with Gasteiger partial charge in [-0.25, -0.2) is 8.78 Å². The van der Waals surface area contributed by atoms with Crippen molar-refractivity contribution in [2.75, 3.05) is 4.90 Å². The lowest BCUT2D eigenvalue weighted by Crippen LogP contribution is -2.29. The number of carbonyl (C=O) groups excluding carboxylic acids is 2. The summed E-state index contributed by atoms with van der Waals surface area (Å²) in [6, 6.07) is 18.5. The molecule has 2 heterocycles. The van der Waals surface area contributed by atoms with E-state index in [-0.39, 0.29) is 17.0 Å². The second-order valence-corrected chi connectivity index (χ2v) is 9.94. The van der Waals surface area contributed by atoms with Gasteiger partial charge in [-0.1, -0.05) is 30.3 Å². The summed E-state index contributed by atoms with van der Waals surface area (Å²) in [5.74, 6) is -3.81. The first-order chi connectivity index (χ1) is 18.3. The zero-order valence-corrected chi connectivity index (χ0v) is 21.4. The number of amides is 1. The third-order valence-corrected chi connectivity index (χ3v) is 7.53. The van der Waals surface area contributed by atoms with Gasteiger partial charge in [0, 0.05) is 22.2 Å². The first-order valence-corrected chi connectivity index (χ1v) is 12.7. The minimum absolute atomic E-state index is 0.0173. The molecule has 1 atom stereocenters. The minimum Gasteiger partial charge on any atom is -0.507 e. The molecule has 5 nitrogen and oxygen atoms in total. The van der Waals surface area contributed by atoms with Gasteiger partial charge in [0.2, 0.25) is 0 Å². The van der Waals surface area contributed by atoms with Crippen LogP contribution in [0.4, 0.5) is 14.5 Å². The largest absolute Gasteiger partial charge is 0.507 e. The Hall–Kier alpha value is -4.30. The Bertz CT molecular complexity index is 1580. The summed E-state index contributed by atoms with van der Waals surface area (Å²) in [5, 5.41) is 13.2. The van der Waals surface area contributed by atoms with Gasteiger partial charge in [0.05, 0.1) is 5.57 Å². The van der Waals surface area contributed by atoms with E-state index in [2.05, 4.69) is 0 Å². The fourth-order valence-electron chi connectivity index (χ4n) is 4.50. The van der Waals surface area contributed by atoms with E-state index in [0.29, 0.717) is 22.8 Å². The third kappa shape index (κ3) is 4.59. The summed E-state index contributed by atoms with van der Waals surface area (Å²) in [6.45, 7) is 4.00. The van der Waals surface area contributed by atoms with Crippen molar-refractivity contribution in [1.29, 1.82) is 0 Å². The Morgan fingerprint density at radius 2 is 1.71 bits per heavy atom. The summed E-state index contributed by atoms with van der Waals surface area (Å²) in [4.78, 5) is 28.2. The van der Waals surface area contributed by atoms with Crippen LogP contribution in [0.15, 0.2) is 83.7 Å². The number of hydrogen-bond acceptors (Lipinski definition) is 5. The van der Waals surface area contributed by atoms with E-state index in [1.807, 2.05) is 50.2 Å².